The number of furan rings is 1. The normalized spacial score (nSPS) is 12.6. The van der Waals surface area contributed by atoms with Crippen LogP contribution < -0.4 is 0 Å². The van der Waals surface area contributed by atoms with Crippen LogP contribution in [0, 0.1) is 0 Å². The maximum atomic E-state index is 6.29. The molecule has 1 atom stereocenters. The molecule has 0 saturated carbocycles. The minimum atomic E-state index is 0.0844. The van der Waals surface area contributed by atoms with Crippen LogP contribution in [-0.4, -0.2) is 0 Å². The van der Waals surface area contributed by atoms with Crippen LogP contribution in [0.15, 0.2) is 53.3 Å². The molecule has 1 unspecified atom stereocenters. The summed E-state index contributed by atoms with van der Waals surface area (Å²) < 4.78 is 5.01. The molecule has 15 heavy (non-hydrogen) atoms. The number of benzene rings is 1. The molecule has 1 heterocycles. The van der Waals surface area contributed by atoms with Gasteiger partial charge in [0.1, 0.15) is 0 Å². The van der Waals surface area contributed by atoms with E-state index in [1.165, 1.54) is 11.1 Å². The summed E-state index contributed by atoms with van der Waals surface area (Å²) in [6, 6.07) is 12.1. The molecule has 78 valence electrons. The molecule has 0 aliphatic carbocycles. The second-order valence-electron chi connectivity index (χ2n) is 3.55. The summed E-state index contributed by atoms with van der Waals surface area (Å²) >= 11 is 6.29. The fourth-order valence-electron chi connectivity index (χ4n) is 1.56. The zero-order valence-corrected chi connectivity index (χ0v) is 9.15. The highest BCUT2D eigenvalue weighted by atomic mass is 35.5. The molecule has 0 spiro atoms. The van der Waals surface area contributed by atoms with Gasteiger partial charge in [-0.2, -0.15) is 0 Å². The lowest BCUT2D eigenvalue weighted by Gasteiger charge is -2.08. The van der Waals surface area contributed by atoms with E-state index < -0.39 is 0 Å². The minimum absolute atomic E-state index is 0.0844. The van der Waals surface area contributed by atoms with Crippen molar-refractivity contribution in [1.29, 1.82) is 0 Å². The van der Waals surface area contributed by atoms with Crippen LogP contribution in [0.1, 0.15) is 22.9 Å². The van der Waals surface area contributed by atoms with E-state index in [1.807, 2.05) is 24.3 Å². The van der Waals surface area contributed by atoms with Crippen molar-refractivity contribution < 1.29 is 4.42 Å². The zero-order chi connectivity index (χ0) is 10.5. The summed E-state index contributed by atoms with van der Waals surface area (Å²) in [4.78, 5) is 0. The van der Waals surface area contributed by atoms with Gasteiger partial charge in [-0.1, -0.05) is 30.3 Å². The van der Waals surface area contributed by atoms with E-state index in [0.717, 1.165) is 12.8 Å². The Balaban J connectivity index is 1.90. The Morgan fingerprint density at radius 2 is 1.93 bits per heavy atom. The largest absolute Gasteiger partial charge is 0.472 e. The van der Waals surface area contributed by atoms with Gasteiger partial charge in [0.2, 0.25) is 0 Å². The van der Waals surface area contributed by atoms with Gasteiger partial charge in [-0.05, 0) is 30.0 Å². The van der Waals surface area contributed by atoms with Crippen LogP contribution in [0.25, 0.3) is 0 Å². The fraction of sp³-hybridized carbons (Fsp3) is 0.231. The van der Waals surface area contributed by atoms with Crippen LogP contribution in [0.4, 0.5) is 0 Å². The summed E-state index contributed by atoms with van der Waals surface area (Å²) in [5.74, 6) is 0. The Morgan fingerprint density at radius 3 is 2.60 bits per heavy atom. The summed E-state index contributed by atoms with van der Waals surface area (Å²) in [6.07, 6.45) is 5.36. The first-order valence-electron chi connectivity index (χ1n) is 5.06. The van der Waals surface area contributed by atoms with Gasteiger partial charge in [0.25, 0.3) is 0 Å². The monoisotopic (exact) mass is 220 g/mol. The molecule has 0 amide bonds. The maximum absolute atomic E-state index is 6.29. The van der Waals surface area contributed by atoms with Crippen molar-refractivity contribution in [3.63, 3.8) is 0 Å². The summed E-state index contributed by atoms with van der Waals surface area (Å²) in [5.41, 5.74) is 2.39. The quantitative estimate of drug-likeness (QED) is 0.705. The predicted octanol–water partition coefficient (Wildman–Crippen LogP) is 4.19. The molecule has 0 N–H and O–H groups in total. The van der Waals surface area contributed by atoms with Crippen molar-refractivity contribution in [3.8, 4) is 0 Å². The average Bonchev–Trinajstić information content (AvgIpc) is 2.80. The maximum Gasteiger partial charge on any atom is 0.0934 e. The van der Waals surface area contributed by atoms with Crippen molar-refractivity contribution in [1.82, 2.24) is 0 Å². The van der Waals surface area contributed by atoms with Gasteiger partial charge in [0.05, 0.1) is 17.9 Å². The van der Waals surface area contributed by atoms with Crippen LogP contribution in [-0.2, 0) is 6.42 Å². The predicted molar refractivity (Wildman–Crippen MR) is 62.1 cm³/mol. The van der Waals surface area contributed by atoms with Gasteiger partial charge in [-0.25, -0.2) is 0 Å². The topological polar surface area (TPSA) is 13.1 Å². The highest BCUT2D eigenvalue weighted by Crippen LogP contribution is 2.25. The van der Waals surface area contributed by atoms with Gasteiger partial charge >= 0.3 is 0 Å². The third-order valence-electron chi connectivity index (χ3n) is 2.43. The molecular formula is C13H13ClO. The van der Waals surface area contributed by atoms with E-state index in [0.29, 0.717) is 0 Å². The van der Waals surface area contributed by atoms with Crippen molar-refractivity contribution in [2.75, 3.05) is 0 Å². The molecule has 2 heteroatoms. The second kappa shape index (κ2) is 5.04. The van der Waals surface area contributed by atoms with E-state index in [2.05, 4.69) is 12.1 Å². The molecule has 1 nitrogen and oxygen atoms in total. The van der Waals surface area contributed by atoms with Gasteiger partial charge < -0.3 is 4.42 Å². The summed E-state index contributed by atoms with van der Waals surface area (Å²) in [7, 11) is 0. The van der Waals surface area contributed by atoms with E-state index in [4.69, 9.17) is 16.0 Å². The molecule has 0 radical (unpaired) electrons. The number of halogens is 1. The molecule has 0 aliphatic heterocycles. The van der Waals surface area contributed by atoms with Crippen molar-refractivity contribution in [2.45, 2.75) is 18.2 Å². The molecule has 0 bridgehead atoms. The Hall–Kier alpha value is -1.21. The lowest BCUT2D eigenvalue weighted by atomic mass is 10.1. The second-order valence-corrected chi connectivity index (χ2v) is 4.08. The van der Waals surface area contributed by atoms with Gasteiger partial charge in [-0.3, -0.25) is 0 Å². The number of aryl methyl sites for hydroxylation is 1. The highest BCUT2D eigenvalue weighted by molar-refractivity contribution is 6.20. The molecule has 1 aromatic heterocycles. The fourth-order valence-corrected chi connectivity index (χ4v) is 1.81. The van der Waals surface area contributed by atoms with Crippen molar-refractivity contribution in [3.05, 3.63) is 60.1 Å². The van der Waals surface area contributed by atoms with Crippen LogP contribution in [0.3, 0.4) is 0 Å². The van der Waals surface area contributed by atoms with E-state index in [9.17, 15) is 0 Å². The third kappa shape index (κ3) is 2.87. The van der Waals surface area contributed by atoms with E-state index in [-0.39, 0.29) is 5.38 Å². The van der Waals surface area contributed by atoms with Crippen molar-refractivity contribution >= 4 is 11.6 Å². The molecule has 2 rings (SSSR count). The Labute approximate surface area is 94.7 Å². The Kier molecular flexibility index (Phi) is 3.46. The Morgan fingerprint density at radius 1 is 1.13 bits per heavy atom. The number of hydrogen-bond donors (Lipinski definition) is 0. The highest BCUT2D eigenvalue weighted by Gasteiger charge is 2.07. The smallest absolute Gasteiger partial charge is 0.0934 e. The average molecular weight is 221 g/mol. The number of alkyl halides is 1. The summed E-state index contributed by atoms with van der Waals surface area (Å²) in [6.45, 7) is 0. The number of hydrogen-bond acceptors (Lipinski definition) is 1. The van der Waals surface area contributed by atoms with Crippen LogP contribution >= 0.6 is 11.6 Å². The van der Waals surface area contributed by atoms with Crippen LogP contribution in [0.2, 0.25) is 0 Å². The SMILES string of the molecule is ClC(CCc1ccoc1)c1ccccc1. The standard InChI is InChI=1S/C13H13ClO/c14-13(12-4-2-1-3-5-12)7-6-11-8-9-15-10-11/h1-5,8-10,13H,6-7H2. The van der Waals surface area contributed by atoms with Gasteiger partial charge in [0.15, 0.2) is 0 Å². The summed E-state index contributed by atoms with van der Waals surface area (Å²) in [5, 5.41) is 0.0844. The van der Waals surface area contributed by atoms with E-state index >= 15 is 0 Å². The first-order valence-corrected chi connectivity index (χ1v) is 5.50. The molecule has 0 aliphatic rings. The van der Waals surface area contributed by atoms with Gasteiger partial charge in [-0.15, -0.1) is 11.6 Å². The first kappa shape index (κ1) is 10.3. The van der Waals surface area contributed by atoms with Crippen LogP contribution in [0.5, 0.6) is 0 Å². The molecule has 1 aromatic carbocycles. The molecule has 2 aromatic rings. The Bertz CT molecular complexity index is 380. The zero-order valence-electron chi connectivity index (χ0n) is 8.40. The minimum Gasteiger partial charge on any atom is -0.472 e. The lowest BCUT2D eigenvalue weighted by Crippen LogP contribution is -1.92. The van der Waals surface area contributed by atoms with E-state index in [1.54, 1.807) is 12.5 Å². The molecule has 0 saturated heterocycles. The number of rotatable bonds is 4. The third-order valence-corrected chi connectivity index (χ3v) is 2.90. The lowest BCUT2D eigenvalue weighted by molar-refractivity contribution is 0.563. The molecule has 0 fully saturated rings. The molecular weight excluding hydrogens is 208 g/mol. The van der Waals surface area contributed by atoms with Gasteiger partial charge in [0, 0.05) is 0 Å². The first-order chi connectivity index (χ1) is 7.36. The van der Waals surface area contributed by atoms with Crippen molar-refractivity contribution in [2.24, 2.45) is 0 Å².